The molecule has 5 nitrogen and oxygen atoms in total. The first-order valence-electron chi connectivity index (χ1n) is 8.32. The molecule has 0 atom stereocenters. The maximum atomic E-state index is 11.9. The van der Waals surface area contributed by atoms with E-state index in [1.807, 2.05) is 60.9 Å². The summed E-state index contributed by atoms with van der Waals surface area (Å²) in [5.74, 6) is -0.105. The summed E-state index contributed by atoms with van der Waals surface area (Å²) < 4.78 is 0. The molecule has 2 heterocycles. The SMILES string of the molecule is O=C(C=CNc1ccc2cc[nH]c2c1)C=CNc1ccc2cc[nH]c2c1. The number of carbonyl (C=O) groups is 1. The molecule has 0 fully saturated rings. The lowest BCUT2D eigenvalue weighted by molar-refractivity contribution is -0.110. The Morgan fingerprint density at radius 1 is 0.731 bits per heavy atom. The van der Waals surface area contributed by atoms with Gasteiger partial charge in [-0.05, 0) is 47.2 Å². The van der Waals surface area contributed by atoms with Crippen molar-refractivity contribution in [1.82, 2.24) is 9.97 Å². The summed E-state index contributed by atoms with van der Waals surface area (Å²) in [5, 5.41) is 8.52. The fourth-order valence-corrected chi connectivity index (χ4v) is 2.77. The van der Waals surface area contributed by atoms with Crippen molar-refractivity contribution < 1.29 is 4.79 Å². The number of H-pyrrole nitrogens is 2. The Hall–Kier alpha value is -3.73. The Morgan fingerprint density at radius 3 is 1.73 bits per heavy atom. The monoisotopic (exact) mass is 342 g/mol. The van der Waals surface area contributed by atoms with Crippen molar-refractivity contribution in [3.05, 3.63) is 85.5 Å². The number of fused-ring (bicyclic) bond motifs is 2. The minimum Gasteiger partial charge on any atom is -0.361 e. The van der Waals surface area contributed by atoms with Gasteiger partial charge >= 0.3 is 0 Å². The van der Waals surface area contributed by atoms with Crippen molar-refractivity contribution in [2.24, 2.45) is 0 Å². The molecule has 2 aromatic heterocycles. The number of benzene rings is 2. The number of anilines is 2. The van der Waals surface area contributed by atoms with Crippen LogP contribution in [-0.2, 0) is 4.79 Å². The number of hydrogen-bond donors (Lipinski definition) is 4. The third-order valence-corrected chi connectivity index (χ3v) is 4.11. The van der Waals surface area contributed by atoms with Crippen molar-refractivity contribution in [3.63, 3.8) is 0 Å². The summed E-state index contributed by atoms with van der Waals surface area (Å²) in [5.41, 5.74) is 3.95. The third kappa shape index (κ3) is 3.52. The van der Waals surface area contributed by atoms with Gasteiger partial charge in [-0.1, -0.05) is 12.1 Å². The Labute approximate surface area is 150 Å². The molecule has 5 heteroatoms. The standard InChI is InChI=1S/C21H18N4O/c26-19(7-11-22-17-3-1-15-5-9-24-20(15)13-17)8-12-23-18-4-2-16-6-10-25-21(16)14-18/h1-14,22-25H. The Kier molecular flexibility index (Phi) is 4.26. The smallest absolute Gasteiger partial charge is 0.181 e. The Morgan fingerprint density at radius 2 is 1.23 bits per heavy atom. The lowest BCUT2D eigenvalue weighted by atomic mass is 10.2. The minimum atomic E-state index is -0.105. The normalized spacial score (nSPS) is 11.7. The fourth-order valence-electron chi connectivity index (χ4n) is 2.77. The molecule has 0 saturated heterocycles. The summed E-state index contributed by atoms with van der Waals surface area (Å²) in [7, 11) is 0. The number of carbonyl (C=O) groups excluding carboxylic acids is 1. The first-order valence-corrected chi connectivity index (χ1v) is 8.32. The van der Waals surface area contributed by atoms with Gasteiger partial charge in [-0.3, -0.25) is 4.79 Å². The number of aromatic nitrogens is 2. The molecule has 0 radical (unpaired) electrons. The molecule has 0 bridgehead atoms. The van der Waals surface area contributed by atoms with E-state index in [9.17, 15) is 4.79 Å². The van der Waals surface area contributed by atoms with Gasteiger partial charge in [0.25, 0.3) is 0 Å². The van der Waals surface area contributed by atoms with Gasteiger partial charge in [0.15, 0.2) is 5.78 Å². The van der Waals surface area contributed by atoms with E-state index in [2.05, 4.69) is 20.6 Å². The molecule has 4 aromatic rings. The predicted molar refractivity (Wildman–Crippen MR) is 107 cm³/mol. The molecular formula is C21H18N4O. The molecule has 128 valence electrons. The second-order valence-electron chi connectivity index (χ2n) is 5.92. The number of aromatic amines is 2. The van der Waals surface area contributed by atoms with Gasteiger partial charge in [-0.2, -0.15) is 0 Å². The van der Waals surface area contributed by atoms with Gasteiger partial charge in [0.1, 0.15) is 0 Å². The third-order valence-electron chi connectivity index (χ3n) is 4.11. The molecule has 0 aliphatic carbocycles. The number of allylic oxidation sites excluding steroid dienone is 2. The molecule has 2 aromatic carbocycles. The first kappa shape index (κ1) is 15.8. The van der Waals surface area contributed by atoms with Crippen molar-refractivity contribution >= 4 is 39.0 Å². The van der Waals surface area contributed by atoms with Crippen molar-refractivity contribution in [2.75, 3.05) is 10.6 Å². The lowest BCUT2D eigenvalue weighted by Gasteiger charge is -2.01. The maximum absolute atomic E-state index is 11.9. The average Bonchev–Trinajstić information content (AvgIpc) is 3.29. The second-order valence-corrected chi connectivity index (χ2v) is 5.92. The Bertz CT molecular complexity index is 1030. The van der Waals surface area contributed by atoms with Crippen molar-refractivity contribution in [3.8, 4) is 0 Å². The highest BCUT2D eigenvalue weighted by molar-refractivity contribution is 5.99. The summed E-state index contributed by atoms with van der Waals surface area (Å²) in [4.78, 5) is 18.2. The van der Waals surface area contributed by atoms with Crippen molar-refractivity contribution in [1.29, 1.82) is 0 Å². The molecule has 26 heavy (non-hydrogen) atoms. The summed E-state index contributed by atoms with van der Waals surface area (Å²) in [6, 6.07) is 16.0. The highest BCUT2D eigenvalue weighted by atomic mass is 16.1. The average molecular weight is 342 g/mol. The topological polar surface area (TPSA) is 72.7 Å². The number of hydrogen-bond acceptors (Lipinski definition) is 3. The van der Waals surface area contributed by atoms with E-state index >= 15 is 0 Å². The highest BCUT2D eigenvalue weighted by Crippen LogP contribution is 2.18. The van der Waals surface area contributed by atoms with E-state index < -0.39 is 0 Å². The maximum Gasteiger partial charge on any atom is 0.181 e. The lowest BCUT2D eigenvalue weighted by Crippen LogP contribution is -1.93. The predicted octanol–water partition coefficient (Wildman–Crippen LogP) is 4.77. The zero-order valence-corrected chi connectivity index (χ0v) is 14.0. The van der Waals surface area contributed by atoms with Gasteiger partial charge < -0.3 is 20.6 Å². The van der Waals surface area contributed by atoms with Gasteiger partial charge in [0, 0.05) is 59.4 Å². The molecule has 4 N–H and O–H groups in total. The van der Waals surface area contributed by atoms with E-state index in [4.69, 9.17) is 0 Å². The van der Waals surface area contributed by atoms with Crippen LogP contribution in [-0.4, -0.2) is 15.8 Å². The number of ketones is 1. The van der Waals surface area contributed by atoms with Crippen LogP contribution >= 0.6 is 0 Å². The molecule has 0 unspecified atom stereocenters. The molecule has 0 aliphatic rings. The molecular weight excluding hydrogens is 324 g/mol. The summed E-state index contributed by atoms with van der Waals surface area (Å²) in [6.45, 7) is 0. The second kappa shape index (κ2) is 7.03. The van der Waals surface area contributed by atoms with Gasteiger partial charge in [-0.15, -0.1) is 0 Å². The van der Waals surface area contributed by atoms with Crippen LogP contribution < -0.4 is 10.6 Å². The van der Waals surface area contributed by atoms with E-state index in [1.54, 1.807) is 12.4 Å². The van der Waals surface area contributed by atoms with E-state index in [0.29, 0.717) is 0 Å². The van der Waals surface area contributed by atoms with Crippen molar-refractivity contribution in [2.45, 2.75) is 0 Å². The van der Waals surface area contributed by atoms with Crippen LogP contribution in [0.4, 0.5) is 11.4 Å². The molecule has 0 spiro atoms. The van der Waals surface area contributed by atoms with Crippen LogP contribution in [0.3, 0.4) is 0 Å². The van der Waals surface area contributed by atoms with Gasteiger partial charge in [0.05, 0.1) is 0 Å². The van der Waals surface area contributed by atoms with Gasteiger partial charge in [-0.25, -0.2) is 0 Å². The quantitative estimate of drug-likeness (QED) is 0.381. The molecule has 0 saturated carbocycles. The zero-order chi connectivity index (χ0) is 17.8. The zero-order valence-electron chi connectivity index (χ0n) is 14.0. The van der Waals surface area contributed by atoms with Crippen LogP contribution in [0.2, 0.25) is 0 Å². The fraction of sp³-hybridized carbons (Fsp3) is 0. The number of rotatable bonds is 6. The minimum absolute atomic E-state index is 0.105. The van der Waals surface area contributed by atoms with Crippen LogP contribution in [0.25, 0.3) is 21.8 Å². The molecule has 0 amide bonds. The highest BCUT2D eigenvalue weighted by Gasteiger charge is 1.97. The summed E-state index contributed by atoms with van der Waals surface area (Å²) in [6.07, 6.45) is 10.1. The Balaban J connectivity index is 1.32. The van der Waals surface area contributed by atoms with Crippen LogP contribution in [0.5, 0.6) is 0 Å². The first-order chi connectivity index (χ1) is 12.8. The molecule has 4 rings (SSSR count). The van der Waals surface area contributed by atoms with E-state index in [-0.39, 0.29) is 5.78 Å². The number of nitrogens with one attached hydrogen (secondary N) is 4. The van der Waals surface area contributed by atoms with Crippen LogP contribution in [0.1, 0.15) is 0 Å². The van der Waals surface area contributed by atoms with E-state index in [1.165, 1.54) is 12.2 Å². The summed E-state index contributed by atoms with van der Waals surface area (Å²) >= 11 is 0. The van der Waals surface area contributed by atoms with Crippen LogP contribution in [0, 0.1) is 0 Å². The molecule has 0 aliphatic heterocycles. The largest absolute Gasteiger partial charge is 0.361 e. The van der Waals surface area contributed by atoms with E-state index in [0.717, 1.165) is 33.2 Å². The van der Waals surface area contributed by atoms with Gasteiger partial charge in [0.2, 0.25) is 0 Å². The van der Waals surface area contributed by atoms with Crippen LogP contribution in [0.15, 0.2) is 85.5 Å².